The summed E-state index contributed by atoms with van der Waals surface area (Å²) in [7, 11) is 1.67. The Balaban J connectivity index is 0.00000169. The second-order valence-electron chi connectivity index (χ2n) is 6.24. The third-order valence-electron chi connectivity index (χ3n) is 4.52. The molecule has 0 spiro atoms. The summed E-state index contributed by atoms with van der Waals surface area (Å²) in [6, 6.07) is 2.48. The van der Waals surface area contributed by atoms with Gasteiger partial charge in [0.2, 0.25) is 0 Å². The van der Waals surface area contributed by atoms with Crippen LogP contribution in [0.25, 0.3) is 11.0 Å². The number of piperidine rings is 1. The number of carbonyl (C=O) groups excluding carboxylic acids is 1. The summed E-state index contributed by atoms with van der Waals surface area (Å²) in [6.07, 6.45) is 4.82. The number of ether oxygens (including phenoxy) is 1. The Morgan fingerprint density at radius 3 is 2.65 bits per heavy atom. The highest BCUT2D eigenvalue weighted by molar-refractivity contribution is 6.04. The van der Waals surface area contributed by atoms with Gasteiger partial charge in [0.1, 0.15) is 11.3 Å². The minimum absolute atomic E-state index is 0. The molecule has 2 aromatic rings. The van der Waals surface area contributed by atoms with Crippen molar-refractivity contribution in [2.24, 2.45) is 5.41 Å². The van der Waals surface area contributed by atoms with Crippen molar-refractivity contribution in [3.05, 3.63) is 35.9 Å². The molecular weight excluding hydrogens is 382 g/mol. The molecule has 1 fully saturated rings. The van der Waals surface area contributed by atoms with Crippen molar-refractivity contribution in [3.63, 3.8) is 0 Å². The fourth-order valence-corrected chi connectivity index (χ4v) is 3.21. The van der Waals surface area contributed by atoms with Crippen LogP contribution >= 0.6 is 24.8 Å². The van der Waals surface area contributed by atoms with Gasteiger partial charge in [0.25, 0.3) is 5.91 Å². The zero-order chi connectivity index (χ0) is 17.0. The molecule has 6 nitrogen and oxygen atoms in total. The predicted octanol–water partition coefficient (Wildman–Crippen LogP) is 2.36. The average Bonchev–Trinajstić information content (AvgIpc) is 2.60. The van der Waals surface area contributed by atoms with Gasteiger partial charge in [0.15, 0.2) is 0 Å². The molecule has 0 atom stereocenters. The van der Waals surface area contributed by atoms with Crippen molar-refractivity contribution in [1.29, 1.82) is 0 Å². The maximum atomic E-state index is 13.8. The number of fused-ring (bicyclic) bond motifs is 1. The van der Waals surface area contributed by atoms with E-state index in [-0.39, 0.29) is 41.7 Å². The highest BCUT2D eigenvalue weighted by atomic mass is 35.5. The van der Waals surface area contributed by atoms with Gasteiger partial charge in [-0.1, -0.05) is 0 Å². The minimum atomic E-state index is -0.498. The summed E-state index contributed by atoms with van der Waals surface area (Å²) < 4.78 is 19.1. The van der Waals surface area contributed by atoms with Crippen molar-refractivity contribution in [2.75, 3.05) is 33.4 Å². The molecule has 1 amide bonds. The molecule has 9 heteroatoms. The number of nitrogens with zero attached hydrogens (tertiary/aromatic N) is 2. The summed E-state index contributed by atoms with van der Waals surface area (Å²) in [5.74, 6) is -0.837. The fraction of sp³-hybridized carbons (Fsp3) is 0.471. The highest BCUT2D eigenvalue weighted by Crippen LogP contribution is 2.28. The first-order valence-corrected chi connectivity index (χ1v) is 8.02. The molecule has 1 aromatic heterocycles. The normalized spacial score (nSPS) is 15.6. The first kappa shape index (κ1) is 22.5. The van der Waals surface area contributed by atoms with Gasteiger partial charge in [-0.3, -0.25) is 14.8 Å². The number of hydrogen-bond acceptors (Lipinski definition) is 5. The number of hydrogen-bond donors (Lipinski definition) is 2. The summed E-state index contributed by atoms with van der Waals surface area (Å²) in [4.78, 5) is 20.8. The van der Waals surface area contributed by atoms with Crippen molar-refractivity contribution in [2.45, 2.75) is 12.8 Å². The number of halogens is 3. The van der Waals surface area contributed by atoms with E-state index in [1.54, 1.807) is 7.11 Å². The van der Waals surface area contributed by atoms with E-state index in [4.69, 9.17) is 4.74 Å². The Kier molecular flexibility index (Phi) is 8.62. The predicted molar refractivity (Wildman–Crippen MR) is 103 cm³/mol. The lowest BCUT2D eigenvalue weighted by molar-refractivity contribution is 0.0512. The number of aromatic nitrogens is 2. The second kappa shape index (κ2) is 9.97. The van der Waals surface area contributed by atoms with Gasteiger partial charge >= 0.3 is 0 Å². The molecule has 1 saturated heterocycles. The Morgan fingerprint density at radius 1 is 1.27 bits per heavy atom. The Bertz CT molecular complexity index is 736. The number of carbonyl (C=O) groups is 1. The first-order valence-electron chi connectivity index (χ1n) is 8.02. The third kappa shape index (κ3) is 5.01. The van der Waals surface area contributed by atoms with Gasteiger partial charge < -0.3 is 15.4 Å². The average molecular weight is 405 g/mol. The van der Waals surface area contributed by atoms with E-state index in [9.17, 15) is 9.18 Å². The fourth-order valence-electron chi connectivity index (χ4n) is 3.21. The van der Waals surface area contributed by atoms with E-state index in [0.717, 1.165) is 25.9 Å². The zero-order valence-electron chi connectivity index (χ0n) is 14.5. The third-order valence-corrected chi connectivity index (χ3v) is 4.52. The van der Waals surface area contributed by atoms with E-state index in [2.05, 4.69) is 20.6 Å². The molecule has 2 N–H and O–H groups in total. The van der Waals surface area contributed by atoms with Gasteiger partial charge in [-0.05, 0) is 32.0 Å². The van der Waals surface area contributed by atoms with Crippen LogP contribution < -0.4 is 10.6 Å². The SMILES string of the molecule is COCC1(CNC(=O)c2cc(F)cc3nccnc23)CCNCC1.Cl.Cl. The Hall–Kier alpha value is -1.54. The van der Waals surface area contributed by atoms with Gasteiger partial charge in [-0.25, -0.2) is 4.39 Å². The monoisotopic (exact) mass is 404 g/mol. The van der Waals surface area contributed by atoms with E-state index in [1.165, 1.54) is 24.5 Å². The first-order chi connectivity index (χ1) is 11.6. The quantitative estimate of drug-likeness (QED) is 0.799. The number of nitrogens with one attached hydrogen (secondary N) is 2. The van der Waals surface area contributed by atoms with Gasteiger partial charge in [-0.15, -0.1) is 24.8 Å². The molecule has 0 radical (unpaired) electrons. The molecule has 3 rings (SSSR count). The number of benzene rings is 1. The van der Waals surface area contributed by atoms with Crippen LogP contribution in [0, 0.1) is 11.2 Å². The Labute approximate surface area is 164 Å². The number of rotatable bonds is 5. The van der Waals surface area contributed by atoms with Gasteiger partial charge in [-0.2, -0.15) is 0 Å². The van der Waals surface area contributed by atoms with Crippen LogP contribution in [0.4, 0.5) is 4.39 Å². The lowest BCUT2D eigenvalue weighted by Gasteiger charge is -2.37. The minimum Gasteiger partial charge on any atom is -0.384 e. The van der Waals surface area contributed by atoms with Crippen LogP contribution in [0.15, 0.2) is 24.5 Å². The lowest BCUT2D eigenvalue weighted by atomic mass is 9.79. The summed E-state index contributed by atoms with van der Waals surface area (Å²) in [5, 5.41) is 6.25. The molecule has 0 aliphatic carbocycles. The van der Waals surface area contributed by atoms with Crippen molar-refractivity contribution >= 4 is 41.8 Å². The van der Waals surface area contributed by atoms with Gasteiger partial charge in [0, 0.05) is 37.5 Å². The number of amides is 1. The van der Waals surface area contributed by atoms with Gasteiger partial charge in [0.05, 0.1) is 17.7 Å². The van der Waals surface area contributed by atoms with Crippen LogP contribution in [0.2, 0.25) is 0 Å². The maximum Gasteiger partial charge on any atom is 0.253 e. The molecule has 2 heterocycles. The summed E-state index contributed by atoms with van der Waals surface area (Å²) >= 11 is 0. The van der Waals surface area contributed by atoms with Crippen LogP contribution in [0.5, 0.6) is 0 Å². The second-order valence-corrected chi connectivity index (χ2v) is 6.24. The van der Waals surface area contributed by atoms with E-state index in [0.29, 0.717) is 24.2 Å². The largest absolute Gasteiger partial charge is 0.384 e. The Morgan fingerprint density at radius 2 is 1.96 bits per heavy atom. The maximum absolute atomic E-state index is 13.8. The summed E-state index contributed by atoms with van der Waals surface area (Å²) in [5.41, 5.74) is 0.892. The molecule has 1 aromatic carbocycles. The van der Waals surface area contributed by atoms with Crippen molar-refractivity contribution < 1.29 is 13.9 Å². The smallest absolute Gasteiger partial charge is 0.253 e. The molecule has 0 saturated carbocycles. The standard InChI is InChI=1S/C17H21FN4O2.2ClH/c1-24-11-17(2-4-19-5-3-17)10-22-16(23)13-8-12(18)9-14-15(13)21-7-6-20-14;;/h6-9,19H,2-5,10-11H2,1H3,(H,22,23);2*1H. The summed E-state index contributed by atoms with van der Waals surface area (Å²) in [6.45, 7) is 2.86. The lowest BCUT2D eigenvalue weighted by Crippen LogP contribution is -2.47. The van der Waals surface area contributed by atoms with Crippen molar-refractivity contribution in [3.8, 4) is 0 Å². The van der Waals surface area contributed by atoms with E-state index >= 15 is 0 Å². The molecule has 1 aliphatic rings. The molecule has 0 unspecified atom stereocenters. The van der Waals surface area contributed by atoms with Crippen LogP contribution in [0.3, 0.4) is 0 Å². The number of methoxy groups -OCH3 is 1. The van der Waals surface area contributed by atoms with Crippen LogP contribution in [0.1, 0.15) is 23.2 Å². The molecule has 1 aliphatic heterocycles. The highest BCUT2D eigenvalue weighted by Gasteiger charge is 2.32. The van der Waals surface area contributed by atoms with E-state index in [1.807, 2.05) is 0 Å². The van der Waals surface area contributed by atoms with Crippen LogP contribution in [-0.4, -0.2) is 49.2 Å². The van der Waals surface area contributed by atoms with Crippen LogP contribution in [-0.2, 0) is 4.74 Å². The molecule has 144 valence electrons. The van der Waals surface area contributed by atoms with E-state index < -0.39 is 5.82 Å². The zero-order valence-corrected chi connectivity index (χ0v) is 16.1. The molecule has 0 bridgehead atoms. The topological polar surface area (TPSA) is 76.1 Å². The molecular formula is C17H23Cl2FN4O2. The molecule has 26 heavy (non-hydrogen) atoms. The van der Waals surface area contributed by atoms with Crippen molar-refractivity contribution in [1.82, 2.24) is 20.6 Å².